The standard InChI is InChI=1S/C45H51Cl2FN8O10/c1-27(39-32(46)5-6-33(48)41(39)47)66-36-23-28(24-51-42(36)49)29-25-52-55(26-29)30-9-13-54(14-10-30)38(58)11-15-62-17-19-64-21-22-65-20-18-63-16-12-50-34-4-2-3-31-40(34)45(61)56(44(31)60)35-7-8-37(57)53-43(35)59/h2-6,23-27,30,35,50H,7-22H2,1H3,(H2,49,51)(H,53,57,59). The van der Waals surface area contributed by atoms with Crippen molar-refractivity contribution in [3.63, 3.8) is 0 Å². The van der Waals surface area contributed by atoms with Crippen LogP contribution in [0.4, 0.5) is 15.9 Å². The highest BCUT2D eigenvalue weighted by atomic mass is 35.5. The number of fused-ring (bicyclic) bond motifs is 1. The first-order valence-electron chi connectivity index (χ1n) is 21.7. The summed E-state index contributed by atoms with van der Waals surface area (Å²) in [7, 11) is 0. The number of piperidine rings is 2. The molecule has 3 aliphatic rings. The van der Waals surface area contributed by atoms with Crippen molar-refractivity contribution in [3.05, 3.63) is 87.5 Å². The third-order valence-electron chi connectivity index (χ3n) is 11.4. The van der Waals surface area contributed by atoms with Crippen LogP contribution in [-0.2, 0) is 33.3 Å². The van der Waals surface area contributed by atoms with Crippen molar-refractivity contribution < 1.29 is 52.0 Å². The molecule has 4 aromatic rings. The third-order valence-corrected chi connectivity index (χ3v) is 12.1. The number of imide groups is 2. The fourth-order valence-corrected chi connectivity index (χ4v) is 8.62. The van der Waals surface area contributed by atoms with Gasteiger partial charge in [-0.25, -0.2) is 9.37 Å². The number of hydrogen-bond donors (Lipinski definition) is 3. The van der Waals surface area contributed by atoms with E-state index in [1.165, 1.54) is 12.1 Å². The molecule has 66 heavy (non-hydrogen) atoms. The van der Waals surface area contributed by atoms with Crippen molar-refractivity contribution in [1.82, 2.24) is 29.9 Å². The predicted molar refractivity (Wildman–Crippen MR) is 240 cm³/mol. The van der Waals surface area contributed by atoms with Crippen LogP contribution in [0.1, 0.15) is 77.5 Å². The Morgan fingerprint density at radius 1 is 0.909 bits per heavy atom. The molecule has 2 saturated heterocycles. The van der Waals surface area contributed by atoms with E-state index in [9.17, 15) is 28.4 Å². The minimum Gasteiger partial charge on any atom is -0.482 e. The number of carbonyl (C=O) groups excluding carboxylic acids is 5. The van der Waals surface area contributed by atoms with Gasteiger partial charge >= 0.3 is 0 Å². The average Bonchev–Trinajstić information content (AvgIpc) is 3.90. The molecule has 2 aromatic carbocycles. The molecular weight excluding hydrogens is 902 g/mol. The first-order valence-corrected chi connectivity index (χ1v) is 22.4. The minimum absolute atomic E-state index is 0.0333. The highest BCUT2D eigenvalue weighted by Gasteiger charge is 2.45. The minimum atomic E-state index is -1.03. The summed E-state index contributed by atoms with van der Waals surface area (Å²) in [6.07, 6.45) is 6.49. The lowest BCUT2D eigenvalue weighted by Gasteiger charge is -2.32. The molecule has 2 unspecified atom stereocenters. The second-order valence-electron chi connectivity index (χ2n) is 15.7. The molecule has 18 nitrogen and oxygen atoms in total. The molecule has 5 heterocycles. The molecule has 4 N–H and O–H groups in total. The van der Waals surface area contributed by atoms with Gasteiger partial charge in [0.05, 0.1) is 87.7 Å². The van der Waals surface area contributed by atoms with Crippen LogP contribution >= 0.6 is 23.2 Å². The number of nitrogens with zero attached hydrogens (tertiary/aromatic N) is 5. The van der Waals surface area contributed by atoms with Crippen molar-refractivity contribution in [2.75, 3.05) is 83.5 Å². The zero-order valence-corrected chi connectivity index (χ0v) is 37.8. The first kappa shape index (κ1) is 48.2. The number of rotatable bonds is 22. The molecule has 0 aliphatic carbocycles. The maximum Gasteiger partial charge on any atom is 0.264 e. The van der Waals surface area contributed by atoms with Crippen LogP contribution in [0.3, 0.4) is 0 Å². The number of carbonyl (C=O) groups is 5. The highest BCUT2D eigenvalue weighted by molar-refractivity contribution is 6.36. The van der Waals surface area contributed by atoms with E-state index in [0.29, 0.717) is 82.9 Å². The Labute approximate surface area is 390 Å². The smallest absolute Gasteiger partial charge is 0.264 e. The van der Waals surface area contributed by atoms with Crippen molar-refractivity contribution in [3.8, 4) is 16.9 Å². The van der Waals surface area contributed by atoms with Crippen molar-refractivity contribution in [1.29, 1.82) is 0 Å². The van der Waals surface area contributed by atoms with Gasteiger partial charge in [-0.05, 0) is 56.5 Å². The molecular formula is C45H51Cl2FN8O10. The molecule has 7 rings (SSSR count). The summed E-state index contributed by atoms with van der Waals surface area (Å²) in [5, 5.41) is 10.1. The molecule has 2 fully saturated rings. The zero-order valence-electron chi connectivity index (χ0n) is 36.3. The van der Waals surface area contributed by atoms with Gasteiger partial charge in [0.15, 0.2) is 11.6 Å². The molecule has 352 valence electrons. The normalized spacial score (nSPS) is 17.0. The molecule has 21 heteroatoms. The number of nitrogen functional groups attached to an aromatic ring is 1. The Morgan fingerprint density at radius 3 is 2.32 bits per heavy atom. The summed E-state index contributed by atoms with van der Waals surface area (Å²) in [5.74, 6) is -2.34. The lowest BCUT2D eigenvalue weighted by molar-refractivity contribution is -0.136. The number of halogens is 3. The van der Waals surface area contributed by atoms with E-state index in [1.54, 1.807) is 43.6 Å². The van der Waals surface area contributed by atoms with E-state index < -0.39 is 41.6 Å². The number of nitrogens with one attached hydrogen (secondary N) is 2. The second kappa shape index (κ2) is 22.7. The number of anilines is 2. The lowest BCUT2D eigenvalue weighted by Crippen LogP contribution is -2.54. The topological polar surface area (TPSA) is 219 Å². The van der Waals surface area contributed by atoms with Gasteiger partial charge in [-0.3, -0.25) is 38.9 Å². The Bertz CT molecular complexity index is 2420. The van der Waals surface area contributed by atoms with Gasteiger partial charge in [0.1, 0.15) is 18.0 Å². The number of amides is 5. The molecule has 5 amide bonds. The molecule has 3 aliphatic heterocycles. The van der Waals surface area contributed by atoms with Gasteiger partial charge in [0.25, 0.3) is 11.8 Å². The van der Waals surface area contributed by atoms with Gasteiger partial charge in [-0.2, -0.15) is 5.10 Å². The maximum absolute atomic E-state index is 14.1. The van der Waals surface area contributed by atoms with E-state index in [4.69, 9.17) is 52.6 Å². The van der Waals surface area contributed by atoms with Crippen LogP contribution in [0, 0.1) is 5.82 Å². The maximum atomic E-state index is 14.1. The molecule has 2 aromatic heterocycles. The van der Waals surface area contributed by atoms with Crippen molar-refractivity contribution >= 4 is 64.2 Å². The summed E-state index contributed by atoms with van der Waals surface area (Å²) in [6.45, 7) is 5.98. The van der Waals surface area contributed by atoms with E-state index in [0.717, 1.165) is 28.9 Å². The Morgan fingerprint density at radius 2 is 1.61 bits per heavy atom. The highest BCUT2D eigenvalue weighted by Crippen LogP contribution is 2.38. The number of benzene rings is 2. The van der Waals surface area contributed by atoms with Crippen LogP contribution < -0.4 is 21.1 Å². The fourth-order valence-electron chi connectivity index (χ4n) is 7.94. The van der Waals surface area contributed by atoms with Gasteiger partial charge in [-0.15, -0.1) is 0 Å². The zero-order chi connectivity index (χ0) is 46.7. The second-order valence-corrected chi connectivity index (χ2v) is 16.5. The van der Waals surface area contributed by atoms with Crippen LogP contribution in [0.2, 0.25) is 10.0 Å². The number of pyridine rings is 1. The summed E-state index contributed by atoms with van der Waals surface area (Å²) in [6, 6.07) is 8.32. The fraction of sp³-hybridized carbons (Fsp3) is 0.444. The number of likely N-dealkylation sites (tertiary alicyclic amines) is 1. The Hall–Kier alpha value is -5.70. The largest absolute Gasteiger partial charge is 0.482 e. The lowest BCUT2D eigenvalue weighted by atomic mass is 10.0. The average molecular weight is 954 g/mol. The van der Waals surface area contributed by atoms with Gasteiger partial charge in [0.2, 0.25) is 17.7 Å². The van der Waals surface area contributed by atoms with Crippen LogP contribution in [-0.4, -0.2) is 133 Å². The van der Waals surface area contributed by atoms with E-state index in [-0.39, 0.29) is 64.8 Å². The summed E-state index contributed by atoms with van der Waals surface area (Å²) in [5.41, 5.74) is 8.81. The first-order chi connectivity index (χ1) is 31.9. The van der Waals surface area contributed by atoms with E-state index in [2.05, 4.69) is 20.7 Å². The molecule has 0 bridgehead atoms. The monoisotopic (exact) mass is 952 g/mol. The predicted octanol–water partition coefficient (Wildman–Crippen LogP) is 5.25. The van der Waals surface area contributed by atoms with E-state index >= 15 is 0 Å². The quantitative estimate of drug-likeness (QED) is 0.0521. The van der Waals surface area contributed by atoms with Crippen LogP contribution in [0.15, 0.2) is 55.0 Å². The summed E-state index contributed by atoms with van der Waals surface area (Å²) < 4.78 is 44.5. The number of nitrogens with two attached hydrogens (primary N) is 1. The number of aromatic nitrogens is 3. The van der Waals surface area contributed by atoms with Gasteiger partial charge < -0.3 is 39.6 Å². The molecule has 0 spiro atoms. The van der Waals surface area contributed by atoms with Gasteiger partial charge in [-0.1, -0.05) is 29.3 Å². The summed E-state index contributed by atoms with van der Waals surface area (Å²) in [4.78, 5) is 70.1. The molecule has 0 saturated carbocycles. The van der Waals surface area contributed by atoms with Crippen LogP contribution in [0.25, 0.3) is 11.1 Å². The van der Waals surface area contributed by atoms with E-state index in [1.807, 2.05) is 15.8 Å². The van der Waals surface area contributed by atoms with Gasteiger partial charge in [0, 0.05) is 65.8 Å². The summed E-state index contributed by atoms with van der Waals surface area (Å²) >= 11 is 12.5. The molecule has 0 radical (unpaired) electrons. The number of ether oxygens (including phenoxy) is 5. The Kier molecular flexibility index (Phi) is 16.6. The SMILES string of the molecule is CC(Oc1cc(-c2cnn(C3CCN(C(=O)CCOCCOCCOCCOCCNc4cccc5c4C(=O)N(C4CCC(=O)NC4=O)C5=O)CC3)c2)cnc1N)c1c(Cl)ccc(F)c1Cl. The Balaban J connectivity index is 0.708. The van der Waals surface area contributed by atoms with Crippen molar-refractivity contribution in [2.24, 2.45) is 0 Å². The number of hydrogen-bond acceptors (Lipinski definition) is 14. The molecule has 2 atom stereocenters. The third kappa shape index (κ3) is 11.6. The van der Waals surface area contributed by atoms with Crippen LogP contribution in [0.5, 0.6) is 5.75 Å². The van der Waals surface area contributed by atoms with Crippen molar-refractivity contribution in [2.45, 2.75) is 57.2 Å².